The van der Waals surface area contributed by atoms with Crippen LogP contribution in [-0.4, -0.2) is 45.5 Å². The van der Waals surface area contributed by atoms with Crippen LogP contribution in [0.15, 0.2) is 54.3 Å². The van der Waals surface area contributed by atoms with Crippen molar-refractivity contribution < 1.29 is 22.8 Å². The van der Waals surface area contributed by atoms with Gasteiger partial charge in [0.2, 0.25) is 0 Å². The number of nitrogens with two attached hydrogens (primary N) is 1. The molecule has 1 aliphatic carbocycles. The summed E-state index contributed by atoms with van der Waals surface area (Å²) in [5.74, 6) is 1.56. The van der Waals surface area contributed by atoms with E-state index in [9.17, 15) is 23.3 Å². The van der Waals surface area contributed by atoms with Crippen molar-refractivity contribution in [3.63, 3.8) is 0 Å². The molecule has 2 aromatic carbocycles. The number of anilines is 1. The number of aryl methyl sites for hydroxylation is 1. The lowest BCUT2D eigenvalue weighted by Crippen LogP contribution is -2.53. The Morgan fingerprint density at radius 3 is 2.64 bits per heavy atom. The van der Waals surface area contributed by atoms with Crippen LogP contribution in [0.2, 0.25) is 0 Å². The normalized spacial score (nSPS) is 21.4. The van der Waals surface area contributed by atoms with Gasteiger partial charge >= 0.3 is 6.18 Å². The number of likely N-dealkylation sites (tertiary alicyclic amines) is 1. The highest BCUT2D eigenvalue weighted by Crippen LogP contribution is 2.42. The molecule has 222 valence electrons. The van der Waals surface area contributed by atoms with Crippen LogP contribution >= 0.6 is 0 Å². The van der Waals surface area contributed by atoms with Gasteiger partial charge in [-0.2, -0.15) is 13.2 Å². The van der Waals surface area contributed by atoms with Gasteiger partial charge in [0.15, 0.2) is 0 Å². The Hall–Kier alpha value is -4.03. The van der Waals surface area contributed by atoms with Gasteiger partial charge in [-0.1, -0.05) is 30.3 Å². The molecule has 42 heavy (non-hydrogen) atoms. The van der Waals surface area contributed by atoms with Crippen molar-refractivity contribution >= 4 is 17.6 Å². The molecule has 1 fully saturated rings. The van der Waals surface area contributed by atoms with Crippen LogP contribution in [0.25, 0.3) is 6.08 Å². The molecule has 1 saturated heterocycles. The third-order valence-electron chi connectivity index (χ3n) is 8.15. The predicted molar refractivity (Wildman–Crippen MR) is 152 cm³/mol. The van der Waals surface area contributed by atoms with Crippen molar-refractivity contribution in [1.82, 2.24) is 14.9 Å². The van der Waals surface area contributed by atoms with E-state index in [1.54, 1.807) is 21.0 Å². The van der Waals surface area contributed by atoms with E-state index in [1.165, 1.54) is 5.56 Å². The summed E-state index contributed by atoms with van der Waals surface area (Å²) in [6.07, 6.45) is -1.71. The Balaban J connectivity index is 1.44. The monoisotopic (exact) mass is 582 g/mol. The number of benzene rings is 2. The first-order chi connectivity index (χ1) is 19.9. The number of fused-ring (bicyclic) bond motifs is 1. The molecule has 1 unspecified atom stereocenters. The number of hydrogen-bond donors (Lipinski definition) is 2. The molecule has 0 spiro atoms. The first-order valence-corrected chi connectivity index (χ1v) is 13.7. The van der Waals surface area contributed by atoms with Crippen LogP contribution in [0.1, 0.15) is 53.2 Å². The summed E-state index contributed by atoms with van der Waals surface area (Å²) in [6, 6.07) is 12.1. The fourth-order valence-corrected chi connectivity index (χ4v) is 5.94. The van der Waals surface area contributed by atoms with E-state index in [0.29, 0.717) is 35.6 Å². The molecule has 0 amide bonds. The number of methoxy groups -OCH3 is 1. The molecular formula is C30H33F3N6O3. The van der Waals surface area contributed by atoms with Gasteiger partial charge in [-0.25, -0.2) is 9.97 Å². The molecule has 1 aliphatic heterocycles. The van der Waals surface area contributed by atoms with Gasteiger partial charge in [-0.3, -0.25) is 15.0 Å². The van der Waals surface area contributed by atoms with Crippen molar-refractivity contribution in [2.45, 2.75) is 51.0 Å². The second-order valence-electron chi connectivity index (χ2n) is 11.1. The minimum atomic E-state index is -4.73. The van der Waals surface area contributed by atoms with E-state index < -0.39 is 33.9 Å². The maximum atomic E-state index is 13.5. The highest BCUT2D eigenvalue weighted by molar-refractivity contribution is 5.65. The standard InChI is InChI=1S/C30H33F3N6O3/c1-18(21-11-23(30(31,32)33)13-24(12-21)39(40)41)35-28-25-15-29(34,27(42-3)14-26(25)36-19(2)37-28)22-9-10-38(17-22)16-20-7-5-4-6-8-20/h4-8,11-14,18,22H,9-10,15-17,34H2,1-3H3,(H,35,36,37)/t18-,22+,29?/m1/s1. The third-order valence-corrected chi connectivity index (χ3v) is 8.15. The fourth-order valence-electron chi connectivity index (χ4n) is 5.94. The molecule has 12 heteroatoms. The molecule has 2 heterocycles. The van der Waals surface area contributed by atoms with Crippen molar-refractivity contribution in [3.05, 3.63) is 98.2 Å². The van der Waals surface area contributed by atoms with Crippen molar-refractivity contribution in [2.75, 3.05) is 25.5 Å². The predicted octanol–water partition coefficient (Wildman–Crippen LogP) is 5.65. The molecule has 3 atom stereocenters. The molecule has 3 N–H and O–H groups in total. The number of aromatic nitrogens is 2. The van der Waals surface area contributed by atoms with Crippen LogP contribution < -0.4 is 11.1 Å². The summed E-state index contributed by atoms with van der Waals surface area (Å²) in [5, 5.41) is 14.6. The number of non-ortho nitro benzene ring substituents is 1. The summed E-state index contributed by atoms with van der Waals surface area (Å²) < 4.78 is 46.4. The lowest BCUT2D eigenvalue weighted by molar-refractivity contribution is -0.385. The number of rotatable bonds is 8. The molecule has 2 aliphatic rings. The smallest absolute Gasteiger partial charge is 0.416 e. The number of hydrogen-bond acceptors (Lipinski definition) is 8. The highest BCUT2D eigenvalue weighted by atomic mass is 19.4. The molecule has 0 radical (unpaired) electrons. The van der Waals surface area contributed by atoms with Gasteiger partial charge in [0.25, 0.3) is 5.69 Å². The number of ether oxygens (including phenoxy) is 1. The zero-order chi connectivity index (χ0) is 30.2. The Morgan fingerprint density at radius 2 is 1.98 bits per heavy atom. The SMILES string of the molecule is COC1=Cc2nc(C)nc(N[C@H](C)c3cc([N+](=O)[O-])cc(C(F)(F)F)c3)c2CC1(N)[C@H]1CCN(Cc2ccccc2)C1. The summed E-state index contributed by atoms with van der Waals surface area (Å²) in [4.78, 5) is 22.1. The summed E-state index contributed by atoms with van der Waals surface area (Å²) in [6.45, 7) is 5.81. The van der Waals surface area contributed by atoms with Crippen LogP contribution in [-0.2, 0) is 23.9 Å². The molecule has 0 bridgehead atoms. The number of nitrogens with zero attached hydrogens (tertiary/aromatic N) is 4. The quantitative estimate of drug-likeness (QED) is 0.258. The highest BCUT2D eigenvalue weighted by Gasteiger charge is 2.46. The van der Waals surface area contributed by atoms with E-state index in [-0.39, 0.29) is 11.5 Å². The molecule has 5 rings (SSSR count). The largest absolute Gasteiger partial charge is 0.499 e. The third kappa shape index (κ3) is 5.95. The van der Waals surface area contributed by atoms with Crippen molar-refractivity contribution in [3.8, 4) is 0 Å². The van der Waals surface area contributed by atoms with Crippen molar-refractivity contribution in [2.24, 2.45) is 11.7 Å². The van der Waals surface area contributed by atoms with Crippen molar-refractivity contribution in [1.29, 1.82) is 0 Å². The van der Waals surface area contributed by atoms with E-state index in [1.807, 2.05) is 24.3 Å². The summed E-state index contributed by atoms with van der Waals surface area (Å²) in [5.41, 5.74) is 7.24. The molecular weight excluding hydrogens is 549 g/mol. The van der Waals surface area contributed by atoms with Gasteiger partial charge in [0.05, 0.1) is 34.9 Å². The zero-order valence-electron chi connectivity index (χ0n) is 23.6. The number of nitro benzene ring substituents is 1. The minimum absolute atomic E-state index is 0.0678. The van der Waals surface area contributed by atoms with Crippen LogP contribution in [0, 0.1) is 23.0 Å². The van der Waals surface area contributed by atoms with Crippen LogP contribution in [0.3, 0.4) is 0 Å². The first kappa shape index (κ1) is 29.5. The van der Waals surface area contributed by atoms with Gasteiger partial charge < -0.3 is 15.8 Å². The molecule has 3 aromatic rings. The number of alkyl halides is 3. The van der Waals surface area contributed by atoms with Gasteiger partial charge in [0.1, 0.15) is 17.4 Å². The van der Waals surface area contributed by atoms with E-state index >= 15 is 0 Å². The molecule has 9 nitrogen and oxygen atoms in total. The van der Waals surface area contributed by atoms with E-state index in [0.717, 1.165) is 43.8 Å². The lowest BCUT2D eigenvalue weighted by atomic mass is 9.74. The topological polar surface area (TPSA) is 119 Å². The average molecular weight is 583 g/mol. The number of nitrogens with one attached hydrogen (secondary N) is 1. The Bertz CT molecular complexity index is 1510. The fraction of sp³-hybridized carbons (Fsp3) is 0.400. The minimum Gasteiger partial charge on any atom is -0.499 e. The van der Waals surface area contributed by atoms with Gasteiger partial charge in [-0.15, -0.1) is 0 Å². The molecule has 1 aromatic heterocycles. The first-order valence-electron chi connectivity index (χ1n) is 13.7. The average Bonchev–Trinajstić information content (AvgIpc) is 3.42. The number of halogens is 3. The maximum Gasteiger partial charge on any atom is 0.416 e. The van der Waals surface area contributed by atoms with Crippen LogP contribution in [0.5, 0.6) is 0 Å². The Labute approximate surface area is 241 Å². The summed E-state index contributed by atoms with van der Waals surface area (Å²) in [7, 11) is 1.59. The summed E-state index contributed by atoms with van der Waals surface area (Å²) >= 11 is 0. The number of nitro groups is 1. The van der Waals surface area contributed by atoms with Gasteiger partial charge in [0, 0.05) is 43.3 Å². The van der Waals surface area contributed by atoms with Crippen LogP contribution in [0.4, 0.5) is 24.7 Å². The maximum absolute atomic E-state index is 13.5. The Kier molecular flexibility index (Phi) is 7.95. The van der Waals surface area contributed by atoms with E-state index in [2.05, 4.69) is 32.3 Å². The zero-order valence-corrected chi connectivity index (χ0v) is 23.6. The second kappa shape index (κ2) is 11.3. The lowest BCUT2D eigenvalue weighted by Gasteiger charge is -2.40. The second-order valence-corrected chi connectivity index (χ2v) is 11.1. The molecule has 0 saturated carbocycles. The Morgan fingerprint density at radius 1 is 1.24 bits per heavy atom. The van der Waals surface area contributed by atoms with E-state index in [4.69, 9.17) is 10.5 Å². The van der Waals surface area contributed by atoms with Gasteiger partial charge in [-0.05, 0) is 49.9 Å².